The zero-order valence-corrected chi connectivity index (χ0v) is 20.4. The first-order valence-corrected chi connectivity index (χ1v) is 12.2. The highest BCUT2D eigenvalue weighted by Gasteiger charge is 2.28. The number of nitrogens with one attached hydrogen (secondary N) is 1. The van der Waals surface area contributed by atoms with Crippen molar-refractivity contribution in [3.05, 3.63) is 82.4 Å². The van der Waals surface area contributed by atoms with Crippen molar-refractivity contribution in [2.24, 2.45) is 0 Å². The van der Waals surface area contributed by atoms with E-state index in [1.165, 1.54) is 0 Å². The molecule has 6 rings (SSSR count). The minimum atomic E-state index is -0.839. The average Bonchev–Trinajstić information content (AvgIpc) is 3.51. The van der Waals surface area contributed by atoms with E-state index in [9.17, 15) is 13.6 Å². The molecule has 2 aliphatic heterocycles. The van der Waals surface area contributed by atoms with Gasteiger partial charge in [-0.05, 0) is 49.6 Å². The second-order valence-electron chi connectivity index (χ2n) is 9.35. The van der Waals surface area contributed by atoms with Crippen LogP contribution in [0.15, 0.2) is 54.0 Å². The van der Waals surface area contributed by atoms with E-state index in [1.54, 1.807) is 30.0 Å². The highest BCUT2D eigenvalue weighted by molar-refractivity contribution is 5.82. The second kappa shape index (κ2) is 9.02. The van der Waals surface area contributed by atoms with Crippen LogP contribution in [0.4, 0.5) is 20.3 Å². The topological polar surface area (TPSA) is 79.3 Å². The van der Waals surface area contributed by atoms with Crippen LogP contribution in [-0.4, -0.2) is 46.3 Å². The fourth-order valence-corrected chi connectivity index (χ4v) is 5.45. The molecule has 3 aromatic heterocycles. The number of nitrogens with zero attached hydrogens (tertiary/aromatic N) is 5. The monoisotopic (exact) mass is 504 g/mol. The number of aromatic nitrogens is 4. The van der Waals surface area contributed by atoms with Crippen LogP contribution in [0, 0.1) is 11.6 Å². The Hall–Kier alpha value is -4.21. The number of anilines is 2. The molecule has 10 heteroatoms. The van der Waals surface area contributed by atoms with Gasteiger partial charge >= 0.3 is 5.69 Å². The molecule has 1 fully saturated rings. The lowest BCUT2D eigenvalue weighted by molar-refractivity contribution is 0.387. The Morgan fingerprint density at radius 3 is 2.76 bits per heavy atom. The van der Waals surface area contributed by atoms with Gasteiger partial charge in [0.25, 0.3) is 0 Å². The highest BCUT2D eigenvalue weighted by atomic mass is 19.2. The molecule has 5 heterocycles. The van der Waals surface area contributed by atoms with E-state index in [4.69, 9.17) is 4.74 Å². The molecule has 0 radical (unpaired) electrons. The van der Waals surface area contributed by atoms with Gasteiger partial charge in [0.15, 0.2) is 17.3 Å². The predicted molar refractivity (Wildman–Crippen MR) is 138 cm³/mol. The number of ether oxygens (including phenoxy) is 1. The number of hydrogen-bond donors (Lipinski definition) is 1. The van der Waals surface area contributed by atoms with Crippen molar-refractivity contribution in [1.82, 2.24) is 19.5 Å². The summed E-state index contributed by atoms with van der Waals surface area (Å²) in [4.78, 5) is 28.4. The lowest BCUT2D eigenvalue weighted by atomic mass is 10.0. The summed E-state index contributed by atoms with van der Waals surface area (Å²) in [5.74, 6) is -0.451. The van der Waals surface area contributed by atoms with Crippen molar-refractivity contribution < 1.29 is 13.5 Å². The van der Waals surface area contributed by atoms with Gasteiger partial charge in [-0.2, -0.15) is 4.98 Å². The minimum absolute atomic E-state index is 0.0538. The lowest BCUT2D eigenvalue weighted by Gasteiger charge is -2.34. The number of piperidine rings is 1. The number of halogens is 2. The largest absolute Gasteiger partial charge is 0.481 e. The Kier molecular flexibility index (Phi) is 5.66. The van der Waals surface area contributed by atoms with Crippen LogP contribution in [0.1, 0.15) is 30.0 Å². The van der Waals surface area contributed by atoms with Gasteiger partial charge in [-0.15, -0.1) is 0 Å². The molecule has 0 unspecified atom stereocenters. The van der Waals surface area contributed by atoms with Crippen LogP contribution in [0.3, 0.4) is 0 Å². The van der Waals surface area contributed by atoms with Gasteiger partial charge in [0, 0.05) is 60.5 Å². The molecule has 37 heavy (non-hydrogen) atoms. The molecule has 4 aromatic rings. The minimum Gasteiger partial charge on any atom is -0.481 e. The highest BCUT2D eigenvalue weighted by Crippen LogP contribution is 2.38. The summed E-state index contributed by atoms with van der Waals surface area (Å²) in [5.41, 5.74) is 3.71. The maximum atomic E-state index is 14.3. The van der Waals surface area contributed by atoms with Crippen molar-refractivity contribution in [3.63, 3.8) is 0 Å². The Bertz CT molecular complexity index is 1570. The Balaban J connectivity index is 1.25. The van der Waals surface area contributed by atoms with Gasteiger partial charge in [0.1, 0.15) is 5.82 Å². The number of methoxy groups -OCH3 is 1. The van der Waals surface area contributed by atoms with Gasteiger partial charge in [-0.3, -0.25) is 9.55 Å². The summed E-state index contributed by atoms with van der Waals surface area (Å²) in [6.07, 6.45) is 3.60. The Labute approximate surface area is 211 Å². The van der Waals surface area contributed by atoms with Gasteiger partial charge in [0.2, 0.25) is 5.88 Å². The molecular formula is C27H26F2N6O2. The van der Waals surface area contributed by atoms with Crippen LogP contribution in [0.2, 0.25) is 0 Å². The van der Waals surface area contributed by atoms with Crippen LogP contribution < -0.4 is 20.2 Å². The zero-order valence-electron chi connectivity index (χ0n) is 20.4. The Morgan fingerprint density at radius 1 is 1.16 bits per heavy atom. The Morgan fingerprint density at radius 2 is 1.97 bits per heavy atom. The van der Waals surface area contributed by atoms with Crippen molar-refractivity contribution in [2.45, 2.75) is 25.3 Å². The first-order valence-electron chi connectivity index (χ1n) is 12.2. The third-order valence-corrected chi connectivity index (χ3v) is 7.35. The van der Waals surface area contributed by atoms with E-state index in [-0.39, 0.29) is 11.7 Å². The molecule has 1 N–H and O–H groups in total. The number of fused-ring (bicyclic) bond motifs is 2. The van der Waals surface area contributed by atoms with Crippen LogP contribution in [0.25, 0.3) is 16.9 Å². The SMILES string of the molecule is C=C(c1cc(OC)nc(N2CCC(n3c(=O)[nH]c4ncccc43)CC2)c1)N1CCc2c1ccc(F)c2F. The smallest absolute Gasteiger partial charge is 0.327 e. The van der Waals surface area contributed by atoms with Crippen molar-refractivity contribution >= 4 is 28.4 Å². The quantitative estimate of drug-likeness (QED) is 0.437. The van der Waals surface area contributed by atoms with Crippen molar-refractivity contribution in [2.75, 3.05) is 36.5 Å². The van der Waals surface area contributed by atoms with Gasteiger partial charge in [0.05, 0.1) is 12.6 Å². The predicted octanol–water partition coefficient (Wildman–Crippen LogP) is 4.28. The first kappa shape index (κ1) is 23.2. The van der Waals surface area contributed by atoms with Crippen molar-refractivity contribution in [1.29, 1.82) is 0 Å². The summed E-state index contributed by atoms with van der Waals surface area (Å²) in [5, 5.41) is 0. The van der Waals surface area contributed by atoms with E-state index in [1.807, 2.05) is 23.1 Å². The molecule has 0 aliphatic carbocycles. The number of rotatable bonds is 5. The van der Waals surface area contributed by atoms with E-state index in [0.29, 0.717) is 54.5 Å². The maximum Gasteiger partial charge on any atom is 0.327 e. The zero-order chi connectivity index (χ0) is 25.7. The standard InChI is InChI=1S/C27H26F2N6O2/c1-16(34-13-9-19-21(34)6-5-20(28)25(19)29)17-14-23(31-24(15-17)37-2)33-11-7-18(8-12-33)35-22-4-3-10-30-26(22)32-27(35)36/h3-6,10,14-15,18H,1,7-9,11-13H2,2H3,(H,30,32,36). The summed E-state index contributed by atoms with van der Waals surface area (Å²) < 4.78 is 35.3. The molecule has 0 amide bonds. The number of hydrogen-bond acceptors (Lipinski definition) is 6. The summed E-state index contributed by atoms with van der Waals surface area (Å²) in [6.45, 7) is 6.18. The van der Waals surface area contributed by atoms with Gasteiger partial charge in [-0.1, -0.05) is 6.58 Å². The molecule has 8 nitrogen and oxygen atoms in total. The van der Waals surface area contributed by atoms with Gasteiger partial charge < -0.3 is 14.5 Å². The average molecular weight is 505 g/mol. The molecular weight excluding hydrogens is 478 g/mol. The van der Waals surface area contributed by atoms with E-state index < -0.39 is 11.6 Å². The molecule has 1 aromatic carbocycles. The fourth-order valence-electron chi connectivity index (χ4n) is 5.45. The number of H-pyrrole nitrogens is 1. The number of pyridine rings is 2. The second-order valence-corrected chi connectivity index (χ2v) is 9.35. The number of benzene rings is 1. The maximum absolute atomic E-state index is 14.3. The third-order valence-electron chi connectivity index (χ3n) is 7.35. The molecule has 0 bridgehead atoms. The molecule has 0 atom stereocenters. The van der Waals surface area contributed by atoms with Gasteiger partial charge in [-0.25, -0.2) is 18.6 Å². The van der Waals surface area contributed by atoms with E-state index in [0.717, 1.165) is 35.8 Å². The number of aromatic amines is 1. The summed E-state index contributed by atoms with van der Waals surface area (Å²) in [6, 6.07) is 10.3. The van der Waals surface area contributed by atoms with E-state index in [2.05, 4.69) is 26.4 Å². The van der Waals surface area contributed by atoms with Crippen LogP contribution >= 0.6 is 0 Å². The third kappa shape index (κ3) is 3.92. The normalized spacial score (nSPS) is 15.9. The molecule has 2 aliphatic rings. The van der Waals surface area contributed by atoms with Crippen LogP contribution in [-0.2, 0) is 6.42 Å². The molecule has 1 saturated heterocycles. The van der Waals surface area contributed by atoms with Crippen molar-refractivity contribution in [3.8, 4) is 5.88 Å². The fraction of sp³-hybridized carbons (Fsp3) is 0.296. The molecule has 0 spiro atoms. The van der Waals surface area contributed by atoms with Crippen LogP contribution in [0.5, 0.6) is 5.88 Å². The first-order chi connectivity index (χ1) is 17.9. The summed E-state index contributed by atoms with van der Waals surface area (Å²) in [7, 11) is 1.56. The van der Waals surface area contributed by atoms with E-state index >= 15 is 0 Å². The lowest BCUT2D eigenvalue weighted by Crippen LogP contribution is -2.37. The molecule has 0 saturated carbocycles. The summed E-state index contributed by atoms with van der Waals surface area (Å²) >= 11 is 0. The molecule has 190 valence electrons. The number of imidazole rings is 1.